The van der Waals surface area contributed by atoms with Crippen LogP contribution in [0.5, 0.6) is 5.75 Å². The minimum Gasteiger partial charge on any atom is -0.484 e. The van der Waals surface area contributed by atoms with Crippen LogP contribution in [0.25, 0.3) is 0 Å². The predicted octanol–water partition coefficient (Wildman–Crippen LogP) is 4.61. The third-order valence-electron chi connectivity index (χ3n) is 6.54. The van der Waals surface area contributed by atoms with Gasteiger partial charge in [0.25, 0.3) is 5.91 Å². The van der Waals surface area contributed by atoms with E-state index in [4.69, 9.17) is 4.74 Å². The molecule has 7 heteroatoms. The summed E-state index contributed by atoms with van der Waals surface area (Å²) in [6.07, 6.45) is 0.177. The normalized spacial score (nSPS) is 15.0. The van der Waals surface area contributed by atoms with Crippen molar-refractivity contribution in [1.29, 1.82) is 0 Å². The Kier molecular flexibility index (Phi) is 7.92. The van der Waals surface area contributed by atoms with Crippen LogP contribution in [0.2, 0.25) is 0 Å². The molecule has 3 amide bonds. The maximum atomic E-state index is 12.7. The fraction of sp³-hybridized carbons (Fsp3) is 0.300. The molecule has 1 aliphatic rings. The highest BCUT2D eigenvalue weighted by molar-refractivity contribution is 6.00. The molecule has 3 aromatic rings. The summed E-state index contributed by atoms with van der Waals surface area (Å²) in [5.74, 6) is -0.330. The molecule has 1 fully saturated rings. The van der Waals surface area contributed by atoms with E-state index in [1.54, 1.807) is 29.2 Å². The van der Waals surface area contributed by atoms with E-state index in [1.165, 1.54) is 5.56 Å². The van der Waals surface area contributed by atoms with Crippen molar-refractivity contribution in [3.8, 4) is 5.75 Å². The van der Waals surface area contributed by atoms with Crippen molar-refractivity contribution in [3.05, 3.63) is 88.5 Å². The molecule has 192 valence electrons. The smallest absolute Gasteiger partial charge is 0.262 e. The van der Waals surface area contributed by atoms with Crippen molar-refractivity contribution in [1.82, 2.24) is 5.32 Å². The first-order valence-electron chi connectivity index (χ1n) is 12.4. The van der Waals surface area contributed by atoms with Crippen molar-refractivity contribution >= 4 is 29.1 Å². The summed E-state index contributed by atoms with van der Waals surface area (Å²) in [6, 6.07) is 19.0. The highest BCUT2D eigenvalue weighted by atomic mass is 16.5. The molecule has 0 bridgehead atoms. The number of nitrogens with zero attached hydrogens (tertiary/aromatic N) is 1. The van der Waals surface area contributed by atoms with Gasteiger partial charge < -0.3 is 20.3 Å². The molecule has 0 radical (unpaired) electrons. The van der Waals surface area contributed by atoms with E-state index in [9.17, 15) is 14.4 Å². The van der Waals surface area contributed by atoms with Gasteiger partial charge in [-0.25, -0.2) is 0 Å². The second kappa shape index (κ2) is 11.3. The van der Waals surface area contributed by atoms with Gasteiger partial charge in [-0.05, 0) is 68.7 Å². The Morgan fingerprint density at radius 2 is 1.57 bits per heavy atom. The van der Waals surface area contributed by atoms with Crippen LogP contribution in [0, 0.1) is 33.6 Å². The van der Waals surface area contributed by atoms with Crippen LogP contribution in [0.1, 0.15) is 34.2 Å². The van der Waals surface area contributed by atoms with Gasteiger partial charge >= 0.3 is 0 Å². The number of carbonyl (C=O) groups is 3. The lowest BCUT2D eigenvalue weighted by atomic mass is 10.1. The van der Waals surface area contributed by atoms with E-state index in [0.29, 0.717) is 24.5 Å². The number of aryl methyl sites for hydroxylation is 4. The number of amides is 3. The summed E-state index contributed by atoms with van der Waals surface area (Å²) >= 11 is 0. The molecule has 0 aliphatic carbocycles. The average Bonchev–Trinajstić information content (AvgIpc) is 3.26. The molecule has 0 spiro atoms. The number of hydrogen-bond donors (Lipinski definition) is 2. The summed E-state index contributed by atoms with van der Waals surface area (Å²) in [6.45, 7) is 8.61. The number of benzene rings is 3. The monoisotopic (exact) mass is 499 g/mol. The molecule has 0 aromatic heterocycles. The van der Waals surface area contributed by atoms with Gasteiger partial charge in [-0.2, -0.15) is 0 Å². The first-order valence-corrected chi connectivity index (χ1v) is 12.4. The van der Waals surface area contributed by atoms with Crippen molar-refractivity contribution in [2.45, 2.75) is 40.7 Å². The quantitative estimate of drug-likeness (QED) is 0.474. The Bertz CT molecular complexity index is 1280. The van der Waals surface area contributed by atoms with Crippen LogP contribution in [0.3, 0.4) is 0 Å². The highest BCUT2D eigenvalue weighted by Crippen LogP contribution is 2.27. The van der Waals surface area contributed by atoms with Crippen LogP contribution < -0.4 is 20.3 Å². The van der Waals surface area contributed by atoms with Gasteiger partial charge in [0.15, 0.2) is 6.61 Å². The minimum absolute atomic E-state index is 0.0904. The van der Waals surface area contributed by atoms with Crippen molar-refractivity contribution in [2.24, 2.45) is 5.92 Å². The first kappa shape index (κ1) is 25.9. The standard InChI is InChI=1S/C30H33N3O4/c1-19-5-7-23(8-6-19)16-31-30(36)24-15-28(35)33(17-24)25-9-11-26(12-10-25)37-18-27(34)32-29-21(3)13-20(2)14-22(29)4/h5-14,24H,15-18H2,1-4H3,(H,31,36)(H,32,34)/t24-/m0/s1. The highest BCUT2D eigenvalue weighted by Gasteiger charge is 2.35. The summed E-state index contributed by atoms with van der Waals surface area (Å²) in [5, 5.41) is 5.86. The molecular weight excluding hydrogens is 466 g/mol. The molecule has 3 aromatic carbocycles. The summed E-state index contributed by atoms with van der Waals surface area (Å²) in [5.41, 5.74) is 6.85. The third-order valence-corrected chi connectivity index (χ3v) is 6.54. The zero-order valence-electron chi connectivity index (χ0n) is 21.8. The number of nitrogens with one attached hydrogen (secondary N) is 2. The second-order valence-corrected chi connectivity index (χ2v) is 9.71. The lowest BCUT2D eigenvalue weighted by Crippen LogP contribution is -2.32. The first-order chi connectivity index (χ1) is 17.7. The van der Waals surface area contributed by atoms with Gasteiger partial charge in [-0.3, -0.25) is 14.4 Å². The molecule has 0 unspecified atom stereocenters. The lowest BCUT2D eigenvalue weighted by Gasteiger charge is -2.17. The Hall–Kier alpha value is -4.13. The SMILES string of the molecule is Cc1ccc(CNC(=O)[C@H]2CC(=O)N(c3ccc(OCC(=O)Nc4c(C)cc(C)cc4C)cc3)C2)cc1. The number of rotatable bonds is 8. The van der Waals surface area contributed by atoms with Gasteiger partial charge in [0.05, 0.1) is 5.92 Å². The molecule has 2 N–H and O–H groups in total. The molecule has 1 saturated heterocycles. The molecule has 1 atom stereocenters. The molecule has 1 aliphatic heterocycles. The van der Waals surface area contributed by atoms with Crippen LogP contribution >= 0.6 is 0 Å². The molecule has 1 heterocycles. The summed E-state index contributed by atoms with van der Waals surface area (Å²) in [7, 11) is 0. The van der Waals surface area contributed by atoms with E-state index < -0.39 is 5.92 Å². The molecule has 7 nitrogen and oxygen atoms in total. The van der Waals surface area contributed by atoms with Gasteiger partial charge in [0.1, 0.15) is 5.75 Å². The van der Waals surface area contributed by atoms with Gasteiger partial charge in [-0.1, -0.05) is 47.5 Å². The summed E-state index contributed by atoms with van der Waals surface area (Å²) in [4.78, 5) is 39.3. The zero-order valence-corrected chi connectivity index (χ0v) is 21.8. The van der Waals surface area contributed by atoms with Gasteiger partial charge in [-0.15, -0.1) is 0 Å². The van der Waals surface area contributed by atoms with Gasteiger partial charge in [0.2, 0.25) is 11.8 Å². The minimum atomic E-state index is -0.397. The lowest BCUT2D eigenvalue weighted by molar-refractivity contribution is -0.126. The Morgan fingerprint density at radius 1 is 0.919 bits per heavy atom. The second-order valence-electron chi connectivity index (χ2n) is 9.71. The van der Waals surface area contributed by atoms with E-state index in [-0.39, 0.29) is 30.7 Å². The molecule has 37 heavy (non-hydrogen) atoms. The molecule has 4 rings (SSSR count). The van der Waals surface area contributed by atoms with Crippen LogP contribution in [-0.4, -0.2) is 30.9 Å². The fourth-order valence-electron chi connectivity index (χ4n) is 4.60. The van der Waals surface area contributed by atoms with Crippen LogP contribution in [0.15, 0.2) is 60.7 Å². The Morgan fingerprint density at radius 3 is 2.22 bits per heavy atom. The zero-order chi connectivity index (χ0) is 26.5. The largest absolute Gasteiger partial charge is 0.484 e. The maximum Gasteiger partial charge on any atom is 0.262 e. The number of hydrogen-bond acceptors (Lipinski definition) is 4. The van der Waals surface area contributed by atoms with Crippen LogP contribution in [-0.2, 0) is 20.9 Å². The van der Waals surface area contributed by atoms with E-state index >= 15 is 0 Å². The number of ether oxygens (including phenoxy) is 1. The van der Waals surface area contributed by atoms with Crippen molar-refractivity contribution < 1.29 is 19.1 Å². The van der Waals surface area contributed by atoms with E-state index in [1.807, 2.05) is 64.1 Å². The van der Waals surface area contributed by atoms with Gasteiger partial charge in [0, 0.05) is 30.9 Å². The average molecular weight is 500 g/mol. The predicted molar refractivity (Wildman–Crippen MR) is 145 cm³/mol. The molecular formula is C30H33N3O4. The third kappa shape index (κ3) is 6.55. The number of anilines is 2. The number of carbonyl (C=O) groups excluding carboxylic acids is 3. The fourth-order valence-corrected chi connectivity index (χ4v) is 4.60. The van der Waals surface area contributed by atoms with Crippen molar-refractivity contribution in [2.75, 3.05) is 23.4 Å². The summed E-state index contributed by atoms with van der Waals surface area (Å²) < 4.78 is 5.65. The van der Waals surface area contributed by atoms with Crippen molar-refractivity contribution in [3.63, 3.8) is 0 Å². The van der Waals surface area contributed by atoms with E-state index in [0.717, 1.165) is 27.9 Å². The maximum absolute atomic E-state index is 12.7. The van der Waals surface area contributed by atoms with Crippen LogP contribution in [0.4, 0.5) is 11.4 Å². The molecule has 0 saturated carbocycles. The Balaban J connectivity index is 1.28. The topological polar surface area (TPSA) is 87.7 Å². The van der Waals surface area contributed by atoms with E-state index in [2.05, 4.69) is 10.6 Å². The Labute approximate surface area is 217 Å².